The zero-order valence-corrected chi connectivity index (χ0v) is 13.0. The number of rotatable bonds is 5. The minimum atomic E-state index is -1.01. The molecule has 7 nitrogen and oxygen atoms in total. The van der Waals surface area contributed by atoms with Crippen molar-refractivity contribution < 1.29 is 18.9 Å². The van der Waals surface area contributed by atoms with Crippen LogP contribution < -0.4 is 10.6 Å². The zero-order chi connectivity index (χ0) is 17.5. The SMILES string of the molecule is O=C(NCCC1=CCCCC1)C(=O)Nc1ccc(F)c([N+](=O)[O-])c1. The second kappa shape index (κ2) is 8.19. The van der Waals surface area contributed by atoms with E-state index in [0.717, 1.165) is 37.5 Å². The molecule has 128 valence electrons. The number of hydrogen-bond acceptors (Lipinski definition) is 4. The minimum Gasteiger partial charge on any atom is -0.348 e. The summed E-state index contributed by atoms with van der Waals surface area (Å²) in [5.74, 6) is -2.80. The highest BCUT2D eigenvalue weighted by Gasteiger charge is 2.18. The average molecular weight is 335 g/mol. The topological polar surface area (TPSA) is 101 Å². The van der Waals surface area contributed by atoms with E-state index in [9.17, 15) is 24.1 Å². The monoisotopic (exact) mass is 335 g/mol. The maximum Gasteiger partial charge on any atom is 0.313 e. The molecule has 1 aromatic rings. The Labute approximate surface area is 138 Å². The molecule has 0 unspecified atom stereocenters. The Hall–Kier alpha value is -2.77. The minimum absolute atomic E-state index is 0.0155. The van der Waals surface area contributed by atoms with Crippen molar-refractivity contribution in [2.75, 3.05) is 11.9 Å². The van der Waals surface area contributed by atoms with E-state index in [0.29, 0.717) is 13.0 Å². The molecule has 0 saturated carbocycles. The Morgan fingerprint density at radius 2 is 2.04 bits per heavy atom. The number of anilines is 1. The van der Waals surface area contributed by atoms with Gasteiger partial charge in [0.1, 0.15) is 0 Å². The molecule has 0 heterocycles. The first-order chi connectivity index (χ1) is 11.5. The molecule has 0 spiro atoms. The van der Waals surface area contributed by atoms with Gasteiger partial charge in [-0.3, -0.25) is 19.7 Å². The van der Waals surface area contributed by atoms with Crippen LogP contribution in [-0.4, -0.2) is 23.3 Å². The fraction of sp³-hybridized carbons (Fsp3) is 0.375. The number of amides is 2. The third-order valence-corrected chi connectivity index (χ3v) is 3.72. The van der Waals surface area contributed by atoms with Crippen molar-refractivity contribution in [1.29, 1.82) is 0 Å². The highest BCUT2D eigenvalue weighted by Crippen LogP contribution is 2.21. The van der Waals surface area contributed by atoms with Crippen molar-refractivity contribution in [3.05, 3.63) is 45.8 Å². The summed E-state index contributed by atoms with van der Waals surface area (Å²) in [6.07, 6.45) is 7.24. The Balaban J connectivity index is 1.85. The summed E-state index contributed by atoms with van der Waals surface area (Å²) in [6.45, 7) is 0.349. The van der Waals surface area contributed by atoms with Gasteiger partial charge in [-0.2, -0.15) is 4.39 Å². The Morgan fingerprint density at radius 1 is 1.25 bits per heavy atom. The number of nitrogens with one attached hydrogen (secondary N) is 2. The summed E-state index contributed by atoms with van der Waals surface area (Å²) in [7, 11) is 0. The van der Waals surface area contributed by atoms with Crippen LogP contribution in [0, 0.1) is 15.9 Å². The first-order valence-electron chi connectivity index (χ1n) is 7.68. The number of carbonyl (C=O) groups is 2. The normalized spacial score (nSPS) is 13.8. The average Bonchev–Trinajstić information content (AvgIpc) is 2.57. The van der Waals surface area contributed by atoms with E-state index in [1.54, 1.807) is 0 Å². The Bertz CT molecular complexity index is 688. The van der Waals surface area contributed by atoms with Gasteiger partial charge < -0.3 is 10.6 Å². The van der Waals surface area contributed by atoms with E-state index < -0.39 is 28.2 Å². The molecule has 1 aromatic carbocycles. The van der Waals surface area contributed by atoms with Crippen LogP contribution >= 0.6 is 0 Å². The van der Waals surface area contributed by atoms with Gasteiger partial charge in [-0.1, -0.05) is 11.6 Å². The number of nitrogens with zero attached hydrogens (tertiary/aromatic N) is 1. The van der Waals surface area contributed by atoms with E-state index >= 15 is 0 Å². The van der Waals surface area contributed by atoms with Crippen LogP contribution in [0.4, 0.5) is 15.8 Å². The summed E-state index contributed by atoms with van der Waals surface area (Å²) in [5.41, 5.74) is 0.492. The lowest BCUT2D eigenvalue weighted by Crippen LogP contribution is -2.36. The molecule has 0 saturated heterocycles. The first kappa shape index (κ1) is 17.6. The third kappa shape index (κ3) is 4.87. The number of benzene rings is 1. The molecule has 0 fully saturated rings. The molecule has 0 bridgehead atoms. The van der Waals surface area contributed by atoms with E-state index in [-0.39, 0.29) is 5.69 Å². The highest BCUT2D eigenvalue weighted by atomic mass is 19.1. The number of halogens is 1. The number of allylic oxidation sites excluding steroid dienone is 1. The largest absolute Gasteiger partial charge is 0.348 e. The molecule has 0 aromatic heterocycles. The number of hydrogen-bond donors (Lipinski definition) is 2. The van der Waals surface area contributed by atoms with Crippen molar-refractivity contribution in [2.45, 2.75) is 32.1 Å². The molecule has 2 N–H and O–H groups in total. The predicted molar refractivity (Wildman–Crippen MR) is 85.9 cm³/mol. The molecular weight excluding hydrogens is 317 g/mol. The van der Waals surface area contributed by atoms with Gasteiger partial charge in [0, 0.05) is 18.3 Å². The maximum atomic E-state index is 13.2. The molecule has 2 rings (SSSR count). The summed E-state index contributed by atoms with van der Waals surface area (Å²) in [4.78, 5) is 33.2. The predicted octanol–water partition coefficient (Wildman–Crippen LogP) is 2.68. The fourth-order valence-corrected chi connectivity index (χ4v) is 2.47. The van der Waals surface area contributed by atoms with Crippen LogP contribution in [0.15, 0.2) is 29.8 Å². The second-order valence-electron chi connectivity index (χ2n) is 5.49. The van der Waals surface area contributed by atoms with Crippen LogP contribution in [0.1, 0.15) is 32.1 Å². The van der Waals surface area contributed by atoms with Gasteiger partial charge in [-0.25, -0.2) is 0 Å². The van der Waals surface area contributed by atoms with Crippen LogP contribution in [0.2, 0.25) is 0 Å². The van der Waals surface area contributed by atoms with E-state index in [4.69, 9.17) is 0 Å². The van der Waals surface area contributed by atoms with Crippen LogP contribution in [0.3, 0.4) is 0 Å². The van der Waals surface area contributed by atoms with Crippen molar-refractivity contribution in [3.8, 4) is 0 Å². The molecule has 24 heavy (non-hydrogen) atoms. The Kier molecular flexibility index (Phi) is 6.00. The standard InChI is InChI=1S/C16H18FN3O4/c17-13-7-6-12(10-14(13)20(23)24)19-16(22)15(21)18-9-8-11-4-2-1-3-5-11/h4,6-7,10H,1-3,5,8-9H2,(H,18,21)(H,19,22). The van der Waals surface area contributed by atoms with Crippen molar-refractivity contribution in [3.63, 3.8) is 0 Å². The van der Waals surface area contributed by atoms with Crippen LogP contribution in [0.5, 0.6) is 0 Å². The highest BCUT2D eigenvalue weighted by molar-refractivity contribution is 6.39. The Morgan fingerprint density at radius 3 is 2.71 bits per heavy atom. The molecule has 2 amide bonds. The maximum absolute atomic E-state index is 13.2. The quantitative estimate of drug-likeness (QED) is 0.374. The van der Waals surface area contributed by atoms with Gasteiger partial charge in [0.2, 0.25) is 5.82 Å². The van der Waals surface area contributed by atoms with Gasteiger partial charge >= 0.3 is 17.5 Å². The molecule has 1 aliphatic carbocycles. The second-order valence-corrected chi connectivity index (χ2v) is 5.49. The lowest BCUT2D eigenvalue weighted by molar-refractivity contribution is -0.387. The lowest BCUT2D eigenvalue weighted by Gasteiger charge is -2.12. The van der Waals surface area contributed by atoms with Crippen molar-refractivity contribution >= 4 is 23.2 Å². The lowest BCUT2D eigenvalue weighted by atomic mass is 9.97. The number of nitro benzene ring substituents is 1. The van der Waals surface area contributed by atoms with Gasteiger partial charge in [0.15, 0.2) is 0 Å². The van der Waals surface area contributed by atoms with E-state index in [1.807, 2.05) is 0 Å². The van der Waals surface area contributed by atoms with E-state index in [1.165, 1.54) is 12.0 Å². The molecule has 1 aliphatic rings. The van der Waals surface area contributed by atoms with Crippen LogP contribution in [0.25, 0.3) is 0 Å². The molecule has 8 heteroatoms. The molecular formula is C16H18FN3O4. The fourth-order valence-electron chi connectivity index (χ4n) is 2.47. The third-order valence-electron chi connectivity index (χ3n) is 3.72. The van der Waals surface area contributed by atoms with Gasteiger partial charge in [0.25, 0.3) is 0 Å². The smallest absolute Gasteiger partial charge is 0.313 e. The molecule has 0 aliphatic heterocycles. The summed E-state index contributed by atoms with van der Waals surface area (Å²) in [5, 5.41) is 15.4. The first-order valence-corrected chi connectivity index (χ1v) is 7.68. The van der Waals surface area contributed by atoms with Gasteiger partial charge in [-0.05, 0) is 44.2 Å². The van der Waals surface area contributed by atoms with Crippen LogP contribution in [-0.2, 0) is 9.59 Å². The summed E-state index contributed by atoms with van der Waals surface area (Å²) >= 11 is 0. The van der Waals surface area contributed by atoms with Gasteiger partial charge in [0.05, 0.1) is 4.92 Å². The molecule has 0 radical (unpaired) electrons. The van der Waals surface area contributed by atoms with Crippen molar-refractivity contribution in [1.82, 2.24) is 5.32 Å². The zero-order valence-electron chi connectivity index (χ0n) is 13.0. The summed E-state index contributed by atoms with van der Waals surface area (Å²) < 4.78 is 13.2. The number of nitro groups is 1. The molecule has 0 atom stereocenters. The van der Waals surface area contributed by atoms with E-state index in [2.05, 4.69) is 16.7 Å². The van der Waals surface area contributed by atoms with Crippen molar-refractivity contribution in [2.24, 2.45) is 0 Å². The van der Waals surface area contributed by atoms with Gasteiger partial charge in [-0.15, -0.1) is 0 Å². The summed E-state index contributed by atoms with van der Waals surface area (Å²) in [6, 6.07) is 2.88. The number of carbonyl (C=O) groups excluding carboxylic acids is 2.